The van der Waals surface area contributed by atoms with E-state index in [4.69, 9.17) is 29.4 Å². The van der Waals surface area contributed by atoms with E-state index in [-0.39, 0.29) is 78.3 Å². The summed E-state index contributed by atoms with van der Waals surface area (Å²) in [5.41, 5.74) is 3.35. The summed E-state index contributed by atoms with van der Waals surface area (Å²) in [5, 5.41) is 1.47. The first kappa shape index (κ1) is 28.9. The zero-order valence-electron chi connectivity index (χ0n) is 56.3. The monoisotopic (exact) mass is 1090 g/mol. The molecule has 0 fully saturated rings. The maximum Gasteiger partial charge on any atom is 0.268 e. The van der Waals surface area contributed by atoms with Gasteiger partial charge in [-0.2, -0.15) is 18.2 Å². The zero-order valence-corrected chi connectivity index (χ0v) is 40.5. The Morgan fingerprint density at radius 2 is 1.23 bits per heavy atom. The Kier molecular flexibility index (Phi) is 7.51. The van der Waals surface area contributed by atoms with Gasteiger partial charge in [-0.1, -0.05) is 180 Å². The molecule has 0 bridgehead atoms. The number of imidazole rings is 1. The van der Waals surface area contributed by atoms with E-state index in [1.165, 1.54) is 12.3 Å². The van der Waals surface area contributed by atoms with Crippen molar-refractivity contribution in [1.29, 1.82) is 0 Å². The third-order valence-electron chi connectivity index (χ3n) is 11.8. The van der Waals surface area contributed by atoms with Gasteiger partial charge in [0.05, 0.1) is 37.3 Å². The molecule has 5 nitrogen and oxygen atoms in total. The molecule has 11 aromatic rings. The van der Waals surface area contributed by atoms with Crippen LogP contribution in [-0.4, -0.2) is 14.1 Å². The second kappa shape index (κ2) is 18.0. The molecule has 0 saturated heterocycles. The molecular weight excluding hydrogens is 1020 g/mol. The van der Waals surface area contributed by atoms with Gasteiger partial charge >= 0.3 is 0 Å². The van der Waals surface area contributed by atoms with Crippen molar-refractivity contribution in [3.05, 3.63) is 223 Å². The average Bonchev–Trinajstić information content (AvgIpc) is 1.76. The minimum absolute atomic E-state index is 0. The molecule has 0 aliphatic rings. The fourth-order valence-corrected chi connectivity index (χ4v) is 8.63. The van der Waals surface area contributed by atoms with Crippen LogP contribution in [0.2, 0.25) is 0 Å². The Morgan fingerprint density at radius 1 is 0.594 bits per heavy atom. The van der Waals surface area contributed by atoms with Crippen molar-refractivity contribution >= 4 is 32.8 Å². The Morgan fingerprint density at radius 3 is 1.90 bits per heavy atom. The van der Waals surface area contributed by atoms with Crippen LogP contribution in [0.4, 0.5) is 0 Å². The van der Waals surface area contributed by atoms with Gasteiger partial charge in [0.1, 0.15) is 5.82 Å². The van der Waals surface area contributed by atoms with Crippen LogP contribution in [-0.2, 0) is 31.9 Å². The van der Waals surface area contributed by atoms with Crippen LogP contribution >= 0.6 is 0 Å². The molecule has 0 aliphatic heterocycles. The van der Waals surface area contributed by atoms with Gasteiger partial charge in [-0.25, -0.2) is 4.98 Å². The van der Waals surface area contributed by atoms with E-state index in [1.807, 2.05) is 88.6 Å². The van der Waals surface area contributed by atoms with Crippen molar-refractivity contribution in [2.75, 3.05) is 0 Å². The van der Waals surface area contributed by atoms with E-state index in [1.54, 1.807) is 51.6 Å². The summed E-state index contributed by atoms with van der Waals surface area (Å²) in [4.78, 5) is 4.68. The zero-order chi connectivity index (χ0) is 62.3. The molecule has 11 rings (SSSR count). The number of ether oxygens (including phenoxy) is 1. The maximum atomic E-state index is 8.98. The van der Waals surface area contributed by atoms with E-state index < -0.39 is 96.2 Å². The standard InChI is InChI=1S/C63H52N4O.Pt/c1-42-34-60(64-40-53(42)45-24-15-10-16-25-45)67-56-29-18-17-28-51(56)52-32-31-50(39-58(52)67)68-49-27-19-26-48(38-49)65-41-66(57-33-30-46(37-59(57)65)43-20-11-8-12-21-43)61-54(62(2,3)4)35-47(36-55(61)63(5,6)7)44-22-13-9-14-23-44;/h8-37,40H,1-7H3;/q-2;/i1D3,8D,9D,10D,11D,12D,13D,14D,15D,16D,20D,21D,22D,23D,24D,25D;. The molecule has 0 atom stereocenters. The predicted molar refractivity (Wildman–Crippen MR) is 278 cm³/mol. The number of rotatable bonds is 8. The maximum absolute atomic E-state index is 8.98. The van der Waals surface area contributed by atoms with Crippen LogP contribution in [0.3, 0.4) is 0 Å². The second-order valence-electron chi connectivity index (χ2n) is 18.4. The quantitative estimate of drug-likeness (QED) is 0.112. The number of nitrogens with zero attached hydrogens (tertiary/aromatic N) is 4. The Hall–Kier alpha value is -7.33. The molecule has 0 spiro atoms. The Balaban J connectivity index is 0.00000838. The van der Waals surface area contributed by atoms with Gasteiger partial charge in [0.25, 0.3) is 6.33 Å². The van der Waals surface area contributed by atoms with Gasteiger partial charge in [0, 0.05) is 54.0 Å². The van der Waals surface area contributed by atoms with E-state index >= 15 is 0 Å². The Labute approximate surface area is 444 Å². The molecule has 0 unspecified atom stereocenters. The number of hydrogen-bond acceptors (Lipinski definition) is 2. The molecular formula is C63H52N4OPt-2. The van der Waals surface area contributed by atoms with E-state index in [9.17, 15) is 0 Å². The number of para-hydroxylation sites is 1. The fraction of sp³-hybridized carbons (Fsp3) is 0.143. The third kappa shape index (κ3) is 8.51. The van der Waals surface area contributed by atoms with Crippen LogP contribution in [0, 0.1) is 25.3 Å². The van der Waals surface area contributed by atoms with Crippen LogP contribution in [0.25, 0.3) is 83.4 Å². The second-order valence-corrected chi connectivity index (χ2v) is 18.4. The first-order valence-corrected chi connectivity index (χ1v) is 21.9. The third-order valence-corrected chi connectivity index (χ3v) is 11.8. The van der Waals surface area contributed by atoms with Crippen LogP contribution < -0.4 is 9.30 Å². The molecule has 0 radical (unpaired) electrons. The number of aromatic nitrogens is 4. The van der Waals surface area contributed by atoms with Gasteiger partial charge in [-0.05, 0) is 91.5 Å². The van der Waals surface area contributed by atoms with E-state index in [0.29, 0.717) is 50.0 Å². The number of hydrogen-bond donors (Lipinski definition) is 0. The number of benzene rings is 8. The van der Waals surface area contributed by atoms with Gasteiger partial charge in [-0.3, -0.25) is 4.57 Å². The summed E-state index contributed by atoms with van der Waals surface area (Å²) in [7, 11) is 0. The summed E-state index contributed by atoms with van der Waals surface area (Å²) >= 11 is 0. The van der Waals surface area contributed by atoms with Crippen molar-refractivity contribution in [2.45, 2.75) is 59.2 Å². The van der Waals surface area contributed by atoms with Crippen LogP contribution in [0.5, 0.6) is 11.5 Å². The fourth-order valence-electron chi connectivity index (χ4n) is 8.63. The van der Waals surface area contributed by atoms with Gasteiger partial charge in [-0.15, -0.1) is 29.7 Å². The molecule has 3 heterocycles. The van der Waals surface area contributed by atoms with E-state index in [0.717, 1.165) is 16.5 Å². The molecule has 342 valence electrons. The summed E-state index contributed by atoms with van der Waals surface area (Å²) in [6.45, 7) is 9.24. The smallest absolute Gasteiger partial charge is 0.268 e. The average molecular weight is 1090 g/mol. The van der Waals surface area contributed by atoms with Crippen LogP contribution in [0.15, 0.2) is 188 Å². The van der Waals surface area contributed by atoms with Crippen molar-refractivity contribution < 1.29 is 55.0 Å². The summed E-state index contributed by atoms with van der Waals surface area (Å²) in [6, 6.07) is 25.6. The normalized spacial score (nSPS) is 15.7. The molecule has 0 amide bonds. The predicted octanol–water partition coefficient (Wildman–Crippen LogP) is 15.5. The summed E-state index contributed by atoms with van der Waals surface area (Å²) < 4.78 is 166. The molecule has 0 aliphatic carbocycles. The molecule has 8 aromatic carbocycles. The van der Waals surface area contributed by atoms with Gasteiger partial charge in [0.15, 0.2) is 0 Å². The molecule has 3 aromatic heterocycles. The van der Waals surface area contributed by atoms with Crippen molar-refractivity contribution in [3.63, 3.8) is 0 Å². The Bertz CT molecular complexity index is 4590. The van der Waals surface area contributed by atoms with Crippen LogP contribution in [0.1, 0.15) is 82.9 Å². The van der Waals surface area contributed by atoms with Crippen molar-refractivity contribution in [2.24, 2.45) is 0 Å². The van der Waals surface area contributed by atoms with Crippen molar-refractivity contribution in [1.82, 2.24) is 14.1 Å². The molecule has 0 N–H and O–H groups in total. The first-order chi connectivity index (χ1) is 40.3. The summed E-state index contributed by atoms with van der Waals surface area (Å²) in [6.07, 6.45) is 4.79. The number of pyridine rings is 1. The molecule has 6 heteroatoms. The number of aryl methyl sites for hydroxylation is 1. The molecule has 0 saturated carbocycles. The minimum atomic E-state index is -2.83. The van der Waals surface area contributed by atoms with Gasteiger partial charge in [0.2, 0.25) is 0 Å². The number of fused-ring (bicyclic) bond motifs is 4. The van der Waals surface area contributed by atoms with Gasteiger partial charge < -0.3 is 13.9 Å². The summed E-state index contributed by atoms with van der Waals surface area (Å²) in [5.74, 6) is 0.564. The SMILES string of the molecule is [2H]c1c([2H])c([2H])c(-c2cc(C(C)(C)C)c(-[n+]3[c-]n(-c4[c-]c(Oc5[c-]c6c(cc5)c5ccccc5n6-c5cc(C([2H])([2H])[2H])c(-c6c([2H])c([2H])c([2H])c([2H])c6[2H])cn5)ccc4)c4cc(-c5c([2H])c([2H])c([2H])c([2H])c5[2H])ccc43)c(C(C)(C)C)c2)c([2H])c1[2H].[Pt]. The van der Waals surface area contributed by atoms with E-state index in [2.05, 4.69) is 23.4 Å². The first-order valence-electron chi connectivity index (χ1n) is 30.9. The molecule has 69 heavy (non-hydrogen) atoms. The van der Waals surface area contributed by atoms with Crippen molar-refractivity contribution in [3.8, 4) is 62.1 Å². The minimum Gasteiger partial charge on any atom is -0.510 e. The topological polar surface area (TPSA) is 35.9 Å². The largest absolute Gasteiger partial charge is 0.510 e.